The van der Waals surface area contributed by atoms with Crippen molar-refractivity contribution in [3.05, 3.63) is 0 Å². The summed E-state index contributed by atoms with van der Waals surface area (Å²) in [5.41, 5.74) is 0. The fraction of sp³-hybridized carbons (Fsp3) is 0.800. The first-order valence-electron chi connectivity index (χ1n) is 4.16. The Kier molecular flexibility index (Phi) is 5.97. The number of methoxy groups -OCH3 is 1. The van der Waals surface area contributed by atoms with E-state index in [1.165, 1.54) is 0 Å². The van der Waals surface area contributed by atoms with Gasteiger partial charge in [0.15, 0.2) is 0 Å². The van der Waals surface area contributed by atoms with Gasteiger partial charge in [-0.25, -0.2) is 0 Å². The van der Waals surface area contributed by atoms with Crippen LogP contribution in [-0.4, -0.2) is 13.7 Å². The molecule has 11 heavy (non-hydrogen) atoms. The van der Waals surface area contributed by atoms with E-state index in [2.05, 4.69) is 32.6 Å². The first-order chi connectivity index (χ1) is 5.16. The molecule has 0 fully saturated rings. The second kappa shape index (κ2) is 6.24. The molecule has 1 heteroatoms. The smallest absolute Gasteiger partial charge is 0.0473 e. The molecule has 0 heterocycles. The summed E-state index contributed by atoms with van der Waals surface area (Å²) >= 11 is 0. The van der Waals surface area contributed by atoms with E-state index in [1.807, 2.05) is 0 Å². The van der Waals surface area contributed by atoms with Crippen molar-refractivity contribution in [3.63, 3.8) is 0 Å². The zero-order valence-corrected chi connectivity index (χ0v) is 7.98. The average Bonchev–Trinajstić information content (AvgIpc) is 1.97. The van der Waals surface area contributed by atoms with Gasteiger partial charge in [-0.05, 0) is 6.42 Å². The summed E-state index contributed by atoms with van der Waals surface area (Å²) in [6, 6.07) is 0. The minimum Gasteiger partial charge on any atom is -0.385 e. The summed E-state index contributed by atoms with van der Waals surface area (Å²) in [4.78, 5) is 0. The molecular formula is C10H18O. The van der Waals surface area contributed by atoms with Crippen LogP contribution in [0.25, 0.3) is 0 Å². The molecule has 0 aromatic carbocycles. The highest BCUT2D eigenvalue weighted by atomic mass is 16.5. The fourth-order valence-electron chi connectivity index (χ4n) is 0.676. The van der Waals surface area contributed by atoms with Crippen LogP contribution in [0.3, 0.4) is 0 Å². The van der Waals surface area contributed by atoms with Crippen LogP contribution in [-0.2, 0) is 4.74 Å². The lowest BCUT2D eigenvalue weighted by molar-refractivity contribution is 0.187. The Morgan fingerprint density at radius 2 is 1.82 bits per heavy atom. The van der Waals surface area contributed by atoms with Gasteiger partial charge < -0.3 is 4.74 Å². The molecule has 0 aliphatic carbocycles. The van der Waals surface area contributed by atoms with Gasteiger partial charge in [-0.15, -0.1) is 5.92 Å². The van der Waals surface area contributed by atoms with Gasteiger partial charge in [0.1, 0.15) is 0 Å². The molecule has 0 aliphatic heterocycles. The zero-order chi connectivity index (χ0) is 8.69. The van der Waals surface area contributed by atoms with E-state index in [-0.39, 0.29) is 0 Å². The van der Waals surface area contributed by atoms with Gasteiger partial charge >= 0.3 is 0 Å². The molecule has 0 N–H and O–H groups in total. The van der Waals surface area contributed by atoms with Gasteiger partial charge in [-0.2, -0.15) is 0 Å². The van der Waals surface area contributed by atoms with Gasteiger partial charge in [0.25, 0.3) is 0 Å². The van der Waals surface area contributed by atoms with E-state index < -0.39 is 0 Å². The van der Waals surface area contributed by atoms with E-state index in [4.69, 9.17) is 4.74 Å². The lowest BCUT2D eigenvalue weighted by atomic mass is 10.1. The first kappa shape index (κ1) is 10.5. The zero-order valence-electron chi connectivity index (χ0n) is 7.98. The van der Waals surface area contributed by atoms with Crippen LogP contribution in [0.5, 0.6) is 0 Å². The van der Waals surface area contributed by atoms with Crippen LogP contribution in [0.4, 0.5) is 0 Å². The van der Waals surface area contributed by atoms with Gasteiger partial charge in [0.05, 0.1) is 0 Å². The third-order valence-corrected chi connectivity index (χ3v) is 1.37. The second-order valence-corrected chi connectivity index (χ2v) is 3.13. The molecule has 0 aromatic heterocycles. The molecule has 1 unspecified atom stereocenters. The average molecular weight is 154 g/mol. The maximum Gasteiger partial charge on any atom is 0.0473 e. The van der Waals surface area contributed by atoms with Crippen LogP contribution >= 0.6 is 0 Å². The summed E-state index contributed by atoms with van der Waals surface area (Å²) in [6.45, 7) is 7.16. The lowest BCUT2D eigenvalue weighted by Crippen LogP contribution is -1.97. The summed E-state index contributed by atoms with van der Waals surface area (Å²) in [5.74, 6) is 7.29. The molecule has 0 amide bonds. The van der Waals surface area contributed by atoms with Crippen LogP contribution in [0, 0.1) is 23.7 Å². The third-order valence-electron chi connectivity index (χ3n) is 1.37. The van der Waals surface area contributed by atoms with Crippen molar-refractivity contribution in [2.24, 2.45) is 11.8 Å². The molecule has 0 aliphatic rings. The van der Waals surface area contributed by atoms with Crippen LogP contribution in [0.2, 0.25) is 0 Å². The topological polar surface area (TPSA) is 9.23 Å². The van der Waals surface area contributed by atoms with Gasteiger partial charge in [0.2, 0.25) is 0 Å². The maximum atomic E-state index is 4.95. The largest absolute Gasteiger partial charge is 0.385 e. The lowest BCUT2D eigenvalue weighted by Gasteiger charge is -2.01. The molecule has 0 bridgehead atoms. The SMILES string of the molecule is COCCC(C)C#CC(C)C. The molecule has 1 atom stereocenters. The fourth-order valence-corrected chi connectivity index (χ4v) is 0.676. The highest BCUT2D eigenvalue weighted by Crippen LogP contribution is 2.00. The van der Waals surface area contributed by atoms with Crippen molar-refractivity contribution in [1.29, 1.82) is 0 Å². The minimum atomic E-state index is 0.470. The summed E-state index contributed by atoms with van der Waals surface area (Å²) in [7, 11) is 1.72. The van der Waals surface area contributed by atoms with E-state index in [1.54, 1.807) is 7.11 Å². The Hall–Kier alpha value is -0.480. The molecule has 64 valence electrons. The summed E-state index contributed by atoms with van der Waals surface area (Å²) < 4.78 is 4.95. The van der Waals surface area contributed by atoms with E-state index in [0.29, 0.717) is 11.8 Å². The van der Waals surface area contributed by atoms with Crippen molar-refractivity contribution >= 4 is 0 Å². The van der Waals surface area contributed by atoms with Gasteiger partial charge in [-0.3, -0.25) is 0 Å². The quantitative estimate of drug-likeness (QED) is 0.567. The molecule has 0 spiro atoms. The summed E-state index contributed by atoms with van der Waals surface area (Å²) in [6.07, 6.45) is 1.04. The molecule has 0 aromatic rings. The number of ether oxygens (including phenoxy) is 1. The van der Waals surface area contributed by atoms with Crippen LogP contribution in [0.1, 0.15) is 27.2 Å². The summed E-state index contributed by atoms with van der Waals surface area (Å²) in [5, 5.41) is 0. The Bertz CT molecular complexity index is 139. The van der Waals surface area contributed by atoms with Gasteiger partial charge in [-0.1, -0.05) is 26.7 Å². The van der Waals surface area contributed by atoms with E-state index in [0.717, 1.165) is 13.0 Å². The third kappa shape index (κ3) is 7.42. The maximum absolute atomic E-state index is 4.95. The van der Waals surface area contributed by atoms with Gasteiger partial charge in [0, 0.05) is 25.6 Å². The minimum absolute atomic E-state index is 0.470. The standard InChI is InChI=1S/C10H18O/c1-9(2)5-6-10(3)7-8-11-4/h9-10H,7-8H2,1-4H3. The highest BCUT2D eigenvalue weighted by molar-refractivity contribution is 5.04. The van der Waals surface area contributed by atoms with Crippen molar-refractivity contribution in [1.82, 2.24) is 0 Å². The molecule has 0 saturated heterocycles. The number of hydrogen-bond acceptors (Lipinski definition) is 1. The Morgan fingerprint density at radius 3 is 2.27 bits per heavy atom. The number of hydrogen-bond donors (Lipinski definition) is 0. The molecule has 0 saturated carbocycles. The Labute approximate surface area is 70.1 Å². The Morgan fingerprint density at radius 1 is 1.18 bits per heavy atom. The van der Waals surface area contributed by atoms with E-state index >= 15 is 0 Å². The molecular weight excluding hydrogens is 136 g/mol. The van der Waals surface area contributed by atoms with Crippen molar-refractivity contribution in [2.75, 3.05) is 13.7 Å². The second-order valence-electron chi connectivity index (χ2n) is 3.13. The van der Waals surface area contributed by atoms with Crippen molar-refractivity contribution in [3.8, 4) is 11.8 Å². The van der Waals surface area contributed by atoms with Crippen LogP contribution in [0.15, 0.2) is 0 Å². The Balaban J connectivity index is 3.53. The predicted octanol–water partition coefficient (Wildman–Crippen LogP) is 2.32. The monoisotopic (exact) mass is 154 g/mol. The molecule has 0 rings (SSSR count). The van der Waals surface area contributed by atoms with Crippen molar-refractivity contribution in [2.45, 2.75) is 27.2 Å². The number of rotatable bonds is 3. The van der Waals surface area contributed by atoms with E-state index in [9.17, 15) is 0 Å². The first-order valence-corrected chi connectivity index (χ1v) is 4.16. The predicted molar refractivity (Wildman–Crippen MR) is 48.3 cm³/mol. The molecule has 1 nitrogen and oxygen atoms in total. The normalized spacial score (nSPS) is 12.5. The molecule has 0 radical (unpaired) electrons. The van der Waals surface area contributed by atoms with Crippen molar-refractivity contribution < 1.29 is 4.74 Å². The van der Waals surface area contributed by atoms with Crippen LogP contribution < -0.4 is 0 Å². The highest BCUT2D eigenvalue weighted by Gasteiger charge is 1.95.